The number of nitrogens with one attached hydrogen (secondary N) is 1. The van der Waals surface area contributed by atoms with Crippen LogP contribution < -0.4 is 5.32 Å². The van der Waals surface area contributed by atoms with Crippen LogP contribution in [0.1, 0.15) is 13.3 Å². The van der Waals surface area contributed by atoms with Crippen LogP contribution >= 0.6 is 0 Å². The summed E-state index contributed by atoms with van der Waals surface area (Å²) in [7, 11) is 0. The molecule has 2 saturated heterocycles. The van der Waals surface area contributed by atoms with Gasteiger partial charge in [0, 0.05) is 18.5 Å². The van der Waals surface area contributed by atoms with Gasteiger partial charge in [-0.3, -0.25) is 0 Å². The lowest BCUT2D eigenvalue weighted by atomic mass is 9.85. The Morgan fingerprint density at radius 3 is 3.22 bits per heavy atom. The zero-order chi connectivity index (χ0) is 6.32. The lowest BCUT2D eigenvalue weighted by molar-refractivity contribution is 0.112. The van der Waals surface area contributed by atoms with E-state index in [4.69, 9.17) is 4.74 Å². The van der Waals surface area contributed by atoms with Gasteiger partial charge in [-0.2, -0.15) is 0 Å². The fraction of sp³-hybridized carbons (Fsp3) is 1.00. The first-order valence-corrected chi connectivity index (χ1v) is 3.61. The van der Waals surface area contributed by atoms with Crippen molar-refractivity contribution in [2.45, 2.75) is 19.4 Å². The molecule has 2 bridgehead atoms. The van der Waals surface area contributed by atoms with E-state index in [0.29, 0.717) is 11.5 Å². The smallest absolute Gasteiger partial charge is 0.0706 e. The van der Waals surface area contributed by atoms with Crippen molar-refractivity contribution in [3.63, 3.8) is 0 Å². The van der Waals surface area contributed by atoms with Gasteiger partial charge in [0.25, 0.3) is 0 Å². The van der Waals surface area contributed by atoms with E-state index in [1.165, 1.54) is 6.42 Å². The van der Waals surface area contributed by atoms with Crippen LogP contribution in [-0.2, 0) is 4.74 Å². The van der Waals surface area contributed by atoms with Gasteiger partial charge in [-0.1, -0.05) is 6.92 Å². The first-order chi connectivity index (χ1) is 4.29. The molecule has 0 radical (unpaired) electrons. The van der Waals surface area contributed by atoms with Gasteiger partial charge in [-0.05, 0) is 6.42 Å². The van der Waals surface area contributed by atoms with Crippen molar-refractivity contribution in [1.29, 1.82) is 0 Å². The number of fused-ring (bicyclic) bond motifs is 2. The van der Waals surface area contributed by atoms with Crippen LogP contribution in [0.5, 0.6) is 0 Å². The molecule has 1 N–H and O–H groups in total. The van der Waals surface area contributed by atoms with Crippen molar-refractivity contribution < 1.29 is 4.74 Å². The molecule has 2 atom stereocenters. The molecule has 0 aliphatic carbocycles. The third-order valence-corrected chi connectivity index (χ3v) is 2.31. The lowest BCUT2D eigenvalue weighted by Crippen LogP contribution is -2.40. The molecule has 0 amide bonds. The summed E-state index contributed by atoms with van der Waals surface area (Å²) in [5.41, 5.74) is 0.461. The summed E-state index contributed by atoms with van der Waals surface area (Å²) in [6, 6.07) is 0. The predicted octanol–water partition coefficient (Wildman–Crippen LogP) is 0.385. The molecule has 2 aliphatic heterocycles. The monoisotopic (exact) mass is 127 g/mol. The highest BCUT2D eigenvalue weighted by atomic mass is 16.5. The first-order valence-electron chi connectivity index (χ1n) is 3.61. The lowest BCUT2D eigenvalue weighted by Gasteiger charge is -2.26. The van der Waals surface area contributed by atoms with Crippen molar-refractivity contribution in [2.24, 2.45) is 5.41 Å². The maximum atomic E-state index is 5.52. The third-order valence-electron chi connectivity index (χ3n) is 2.31. The fourth-order valence-corrected chi connectivity index (χ4v) is 1.78. The van der Waals surface area contributed by atoms with E-state index < -0.39 is 0 Å². The Kier molecular flexibility index (Phi) is 1.08. The van der Waals surface area contributed by atoms with E-state index >= 15 is 0 Å². The highest BCUT2D eigenvalue weighted by Crippen LogP contribution is 2.33. The quantitative estimate of drug-likeness (QED) is 0.508. The molecule has 9 heavy (non-hydrogen) atoms. The molecule has 0 spiro atoms. The summed E-state index contributed by atoms with van der Waals surface area (Å²) in [4.78, 5) is 0. The van der Waals surface area contributed by atoms with E-state index in [-0.39, 0.29) is 0 Å². The zero-order valence-electron chi connectivity index (χ0n) is 5.81. The van der Waals surface area contributed by atoms with Crippen molar-refractivity contribution in [3.05, 3.63) is 0 Å². The van der Waals surface area contributed by atoms with Crippen LogP contribution in [0.3, 0.4) is 0 Å². The molecule has 2 unspecified atom stereocenters. The van der Waals surface area contributed by atoms with Crippen LogP contribution in [-0.4, -0.2) is 25.8 Å². The summed E-state index contributed by atoms with van der Waals surface area (Å²) in [5, 5.41) is 3.36. The van der Waals surface area contributed by atoms with Crippen LogP contribution in [0, 0.1) is 5.41 Å². The number of hydrogen-bond donors (Lipinski definition) is 1. The maximum absolute atomic E-state index is 5.52. The standard InChI is InChI=1S/C7H13NO/c1-7-2-6(9-5-7)3-8-4-7/h6,8H,2-5H2,1H3. The number of rotatable bonds is 0. The topological polar surface area (TPSA) is 21.3 Å². The van der Waals surface area contributed by atoms with Gasteiger partial charge in [0.2, 0.25) is 0 Å². The third kappa shape index (κ3) is 0.864. The van der Waals surface area contributed by atoms with Gasteiger partial charge >= 0.3 is 0 Å². The Morgan fingerprint density at radius 2 is 2.56 bits per heavy atom. The Labute approximate surface area is 55.6 Å². The molecule has 0 aromatic carbocycles. The largest absolute Gasteiger partial charge is 0.376 e. The van der Waals surface area contributed by atoms with Crippen molar-refractivity contribution >= 4 is 0 Å². The molecule has 2 nitrogen and oxygen atoms in total. The number of piperidine rings is 1. The summed E-state index contributed by atoms with van der Waals surface area (Å²) in [6.07, 6.45) is 1.78. The summed E-state index contributed by atoms with van der Waals surface area (Å²) in [5.74, 6) is 0. The average Bonchev–Trinajstić information content (AvgIpc) is 2.07. The molecule has 2 heterocycles. The Bertz CT molecular complexity index is 122. The fourth-order valence-electron chi connectivity index (χ4n) is 1.78. The van der Waals surface area contributed by atoms with E-state index in [1.807, 2.05) is 0 Å². The molecular weight excluding hydrogens is 114 g/mol. The van der Waals surface area contributed by atoms with E-state index in [2.05, 4.69) is 12.2 Å². The maximum Gasteiger partial charge on any atom is 0.0706 e. The van der Waals surface area contributed by atoms with Crippen LogP contribution in [0.15, 0.2) is 0 Å². The Hall–Kier alpha value is -0.0800. The summed E-state index contributed by atoms with van der Waals surface area (Å²) in [6.45, 7) is 5.46. The molecule has 0 aromatic heterocycles. The van der Waals surface area contributed by atoms with Crippen LogP contribution in [0.25, 0.3) is 0 Å². The number of ether oxygens (including phenoxy) is 1. The predicted molar refractivity (Wildman–Crippen MR) is 35.3 cm³/mol. The zero-order valence-corrected chi connectivity index (χ0v) is 5.81. The molecular formula is C7H13NO. The Balaban J connectivity index is 2.13. The van der Waals surface area contributed by atoms with Crippen LogP contribution in [0.2, 0.25) is 0 Å². The minimum atomic E-state index is 0.461. The molecule has 2 rings (SSSR count). The van der Waals surface area contributed by atoms with Gasteiger partial charge in [0.05, 0.1) is 12.7 Å². The molecule has 0 aromatic rings. The molecule has 2 fully saturated rings. The minimum absolute atomic E-state index is 0.461. The molecule has 2 aliphatic rings. The van der Waals surface area contributed by atoms with Crippen molar-refractivity contribution in [2.75, 3.05) is 19.7 Å². The van der Waals surface area contributed by atoms with Gasteiger partial charge in [-0.15, -0.1) is 0 Å². The van der Waals surface area contributed by atoms with Gasteiger partial charge in [0.15, 0.2) is 0 Å². The second kappa shape index (κ2) is 1.70. The molecule has 0 saturated carbocycles. The van der Waals surface area contributed by atoms with Gasteiger partial charge < -0.3 is 10.1 Å². The normalized spacial score (nSPS) is 49.7. The highest BCUT2D eigenvalue weighted by Gasteiger charge is 2.38. The van der Waals surface area contributed by atoms with E-state index in [9.17, 15) is 0 Å². The molecule has 2 heteroatoms. The molecule has 52 valence electrons. The SMILES string of the molecule is CC12CNCC(C1)OC2. The van der Waals surface area contributed by atoms with Gasteiger partial charge in [0.1, 0.15) is 0 Å². The summed E-state index contributed by atoms with van der Waals surface area (Å²) >= 11 is 0. The van der Waals surface area contributed by atoms with E-state index in [1.54, 1.807) is 0 Å². The Morgan fingerprint density at radius 1 is 1.67 bits per heavy atom. The van der Waals surface area contributed by atoms with Crippen molar-refractivity contribution in [3.8, 4) is 0 Å². The first kappa shape index (κ1) is 5.69. The second-order valence-electron chi connectivity index (χ2n) is 3.58. The van der Waals surface area contributed by atoms with Crippen molar-refractivity contribution in [1.82, 2.24) is 5.32 Å². The van der Waals surface area contributed by atoms with Crippen LogP contribution in [0.4, 0.5) is 0 Å². The minimum Gasteiger partial charge on any atom is -0.376 e. The highest BCUT2D eigenvalue weighted by molar-refractivity contribution is 4.91. The second-order valence-corrected chi connectivity index (χ2v) is 3.58. The van der Waals surface area contributed by atoms with E-state index in [0.717, 1.165) is 19.7 Å². The summed E-state index contributed by atoms with van der Waals surface area (Å²) < 4.78 is 5.52. The van der Waals surface area contributed by atoms with Gasteiger partial charge in [-0.25, -0.2) is 0 Å². The average molecular weight is 127 g/mol. The number of hydrogen-bond acceptors (Lipinski definition) is 2.